The van der Waals surface area contributed by atoms with Gasteiger partial charge in [-0.2, -0.15) is 0 Å². The van der Waals surface area contributed by atoms with Crippen molar-refractivity contribution in [3.63, 3.8) is 0 Å². The van der Waals surface area contributed by atoms with E-state index in [0.717, 1.165) is 23.6 Å². The Kier molecular flexibility index (Phi) is 9.27. The molecule has 2 atom stereocenters. The molecule has 0 radical (unpaired) electrons. The third-order valence-electron chi connectivity index (χ3n) is 7.74. The van der Waals surface area contributed by atoms with Crippen LogP contribution in [-0.2, 0) is 11.2 Å². The number of amides is 2. The fraction of sp³-hybridized carbons (Fsp3) is 0.353. The van der Waals surface area contributed by atoms with Crippen LogP contribution in [0.25, 0.3) is 5.69 Å². The normalized spacial score (nSPS) is 16.0. The maximum atomic E-state index is 14.5. The minimum absolute atomic E-state index is 0.00628. The summed E-state index contributed by atoms with van der Waals surface area (Å²) in [5, 5.41) is 19.4. The summed E-state index contributed by atoms with van der Waals surface area (Å²) in [5.41, 5.74) is 3.23. The van der Waals surface area contributed by atoms with Gasteiger partial charge < -0.3 is 19.6 Å². The van der Waals surface area contributed by atoms with Crippen molar-refractivity contribution < 1.29 is 23.8 Å². The Morgan fingerprint density at radius 2 is 1.82 bits per heavy atom. The van der Waals surface area contributed by atoms with E-state index in [1.165, 1.54) is 28.6 Å². The highest BCUT2D eigenvalue weighted by atomic mass is 35.5. The van der Waals surface area contributed by atoms with Crippen molar-refractivity contribution in [2.24, 2.45) is 0 Å². The first kappa shape index (κ1) is 32.1. The first-order valence-corrected chi connectivity index (χ1v) is 15.3. The predicted octanol–water partition coefficient (Wildman–Crippen LogP) is 6.45. The largest absolute Gasteiger partial charge is 0.444 e. The lowest BCUT2D eigenvalue weighted by molar-refractivity contribution is 0.00407. The van der Waals surface area contributed by atoms with Gasteiger partial charge in [0, 0.05) is 30.2 Å². The van der Waals surface area contributed by atoms with Crippen molar-refractivity contribution in [3.8, 4) is 5.69 Å². The molecule has 0 spiro atoms. The van der Waals surface area contributed by atoms with E-state index in [-0.39, 0.29) is 35.3 Å². The molecule has 1 aromatic heterocycles. The van der Waals surface area contributed by atoms with Gasteiger partial charge in [-0.05, 0) is 75.1 Å². The van der Waals surface area contributed by atoms with E-state index >= 15 is 0 Å². The van der Waals surface area contributed by atoms with Crippen LogP contribution in [0.5, 0.6) is 0 Å². The summed E-state index contributed by atoms with van der Waals surface area (Å²) in [6.45, 7) is 10.3. The molecule has 1 saturated heterocycles. The van der Waals surface area contributed by atoms with Crippen LogP contribution in [0.2, 0.25) is 5.02 Å². The number of nitrogens with zero attached hydrogens (tertiary/aromatic N) is 5. The molecule has 0 bridgehead atoms. The van der Waals surface area contributed by atoms with E-state index in [1.54, 1.807) is 15.9 Å². The van der Waals surface area contributed by atoms with Crippen LogP contribution in [0.15, 0.2) is 66.9 Å². The highest BCUT2D eigenvalue weighted by molar-refractivity contribution is 6.30. The third kappa shape index (κ3) is 7.18. The average molecular weight is 634 g/mol. The molecule has 9 nitrogen and oxygen atoms in total. The molecular weight excluding hydrogens is 597 g/mol. The Morgan fingerprint density at radius 1 is 1.09 bits per heavy atom. The Bertz CT molecular complexity index is 1700. The number of aliphatic hydroxyl groups excluding tert-OH is 1. The zero-order chi connectivity index (χ0) is 32.5. The lowest BCUT2D eigenvalue weighted by Gasteiger charge is -2.42. The Morgan fingerprint density at radius 3 is 2.49 bits per heavy atom. The molecular formula is C34H37ClFN5O4. The molecule has 45 heavy (non-hydrogen) atoms. The van der Waals surface area contributed by atoms with Crippen molar-refractivity contribution in [2.75, 3.05) is 19.6 Å². The van der Waals surface area contributed by atoms with Gasteiger partial charge in [-0.1, -0.05) is 60.1 Å². The van der Waals surface area contributed by atoms with Gasteiger partial charge in [0.25, 0.3) is 5.91 Å². The number of carbonyl (C=O) groups excluding carboxylic acids is 2. The van der Waals surface area contributed by atoms with Crippen LogP contribution >= 0.6 is 11.6 Å². The lowest BCUT2D eigenvalue weighted by atomic mass is 9.98. The van der Waals surface area contributed by atoms with Gasteiger partial charge in [-0.25, -0.2) is 13.9 Å². The molecule has 0 aliphatic carbocycles. The van der Waals surface area contributed by atoms with Gasteiger partial charge in [-0.15, -0.1) is 5.10 Å². The number of aryl methyl sites for hydroxylation is 2. The molecule has 236 valence electrons. The molecule has 1 fully saturated rings. The zero-order valence-corrected chi connectivity index (χ0v) is 26.8. The first-order chi connectivity index (χ1) is 21.3. The Balaban J connectivity index is 1.48. The molecule has 3 aromatic carbocycles. The molecule has 1 N–H and O–H groups in total. The molecule has 2 amide bonds. The van der Waals surface area contributed by atoms with E-state index in [0.29, 0.717) is 17.8 Å². The van der Waals surface area contributed by atoms with Crippen LogP contribution in [0.3, 0.4) is 0 Å². The van der Waals surface area contributed by atoms with Crippen LogP contribution < -0.4 is 0 Å². The maximum absolute atomic E-state index is 14.5. The van der Waals surface area contributed by atoms with Gasteiger partial charge in [-0.3, -0.25) is 4.79 Å². The second-order valence-electron chi connectivity index (χ2n) is 12.2. The summed E-state index contributed by atoms with van der Waals surface area (Å²) < 4.78 is 21.6. The minimum Gasteiger partial charge on any atom is -0.444 e. The van der Waals surface area contributed by atoms with Gasteiger partial charge >= 0.3 is 6.09 Å². The summed E-state index contributed by atoms with van der Waals surface area (Å²) in [7, 11) is 0. The SMILES string of the molecule is CCc1ccc(C2CN(C(=O)OC(C)(C)C)CCN2C(=O)c2ccc(C)cc2-n2cc(C(O)c3ccc(Cl)cc3F)nn2)cc1. The number of piperazine rings is 1. The highest BCUT2D eigenvalue weighted by Gasteiger charge is 2.36. The topological polar surface area (TPSA) is 101 Å². The summed E-state index contributed by atoms with van der Waals surface area (Å²) in [4.78, 5) is 30.8. The van der Waals surface area contributed by atoms with E-state index < -0.39 is 29.7 Å². The minimum atomic E-state index is -1.39. The first-order valence-electron chi connectivity index (χ1n) is 14.9. The number of halogens is 2. The number of carbonyl (C=O) groups is 2. The standard InChI is InChI=1S/C34H37ClFN5O4/c1-6-22-8-10-23(11-9-22)30-20-39(33(44)45-34(3,4)5)15-16-40(30)32(43)26-13-7-21(2)17-29(26)41-19-28(37-38-41)31(42)25-14-12-24(35)18-27(25)36/h7-14,17-19,30-31,42H,6,15-16,20H2,1-5H3. The predicted molar refractivity (Wildman–Crippen MR) is 169 cm³/mol. The van der Waals surface area contributed by atoms with Crippen molar-refractivity contribution in [1.29, 1.82) is 0 Å². The monoisotopic (exact) mass is 633 g/mol. The molecule has 11 heteroatoms. The molecule has 4 aromatic rings. The third-order valence-corrected chi connectivity index (χ3v) is 7.98. The second kappa shape index (κ2) is 13.0. The van der Waals surface area contributed by atoms with Crippen molar-refractivity contribution in [2.45, 2.75) is 58.8 Å². The summed E-state index contributed by atoms with van der Waals surface area (Å²) >= 11 is 5.87. The Labute approximate surface area is 267 Å². The van der Waals surface area contributed by atoms with Crippen molar-refractivity contribution >= 4 is 23.6 Å². The fourth-order valence-corrected chi connectivity index (χ4v) is 5.51. The summed E-state index contributed by atoms with van der Waals surface area (Å²) in [6, 6.07) is 17.0. The Hall–Kier alpha value is -4.28. The maximum Gasteiger partial charge on any atom is 0.410 e. The van der Waals surface area contributed by atoms with Gasteiger partial charge in [0.1, 0.15) is 23.2 Å². The van der Waals surface area contributed by atoms with Crippen molar-refractivity contribution in [3.05, 3.63) is 111 Å². The zero-order valence-electron chi connectivity index (χ0n) is 26.0. The molecule has 5 rings (SSSR count). The summed E-state index contributed by atoms with van der Waals surface area (Å²) in [6.07, 6.45) is 0.540. The number of rotatable bonds is 6. The van der Waals surface area contributed by atoms with Crippen LogP contribution in [0.1, 0.15) is 78.1 Å². The van der Waals surface area contributed by atoms with E-state index in [9.17, 15) is 19.1 Å². The molecule has 0 saturated carbocycles. The number of hydrogen-bond donors (Lipinski definition) is 1. The number of hydrogen-bond acceptors (Lipinski definition) is 6. The second-order valence-corrected chi connectivity index (χ2v) is 12.6. The number of aliphatic hydroxyl groups is 1. The quantitative estimate of drug-likeness (QED) is 0.262. The van der Waals surface area contributed by atoms with Gasteiger partial charge in [0.05, 0.1) is 23.5 Å². The van der Waals surface area contributed by atoms with Crippen LogP contribution in [-0.4, -0.2) is 67.1 Å². The average Bonchev–Trinajstić information content (AvgIpc) is 3.50. The van der Waals surface area contributed by atoms with Crippen molar-refractivity contribution in [1.82, 2.24) is 24.8 Å². The van der Waals surface area contributed by atoms with E-state index in [2.05, 4.69) is 17.2 Å². The van der Waals surface area contributed by atoms with Crippen LogP contribution in [0.4, 0.5) is 9.18 Å². The molecule has 2 heterocycles. The van der Waals surface area contributed by atoms with Crippen LogP contribution in [0, 0.1) is 12.7 Å². The molecule has 1 aliphatic rings. The fourth-order valence-electron chi connectivity index (χ4n) is 5.35. The smallest absolute Gasteiger partial charge is 0.410 e. The molecule has 1 aliphatic heterocycles. The summed E-state index contributed by atoms with van der Waals surface area (Å²) in [5.74, 6) is -0.917. The van der Waals surface area contributed by atoms with E-state index in [4.69, 9.17) is 16.3 Å². The highest BCUT2D eigenvalue weighted by Crippen LogP contribution is 2.31. The van der Waals surface area contributed by atoms with E-state index in [1.807, 2.05) is 64.1 Å². The lowest BCUT2D eigenvalue weighted by Crippen LogP contribution is -2.53. The number of aromatic nitrogens is 3. The number of benzene rings is 3. The molecule has 2 unspecified atom stereocenters. The van der Waals surface area contributed by atoms with Gasteiger partial charge in [0.2, 0.25) is 0 Å². The van der Waals surface area contributed by atoms with Gasteiger partial charge in [0.15, 0.2) is 0 Å². The number of ether oxygens (including phenoxy) is 1.